The minimum Gasteiger partial charge on any atom is -0.493 e. The van der Waals surface area contributed by atoms with Crippen molar-refractivity contribution in [2.75, 3.05) is 41.5 Å². The summed E-state index contributed by atoms with van der Waals surface area (Å²) in [6.07, 6.45) is 0. The number of methoxy groups -OCH3 is 2. The molecule has 1 N–H and O–H groups in total. The van der Waals surface area contributed by atoms with Gasteiger partial charge in [0, 0.05) is 6.54 Å². The highest BCUT2D eigenvalue weighted by atomic mass is 16.5. The SMILES string of the molecule is COc1cc(C(=O)O)cc(OC)c1OCCN(C)C. The van der Waals surface area contributed by atoms with Gasteiger partial charge in [0.2, 0.25) is 5.75 Å². The predicted octanol–water partition coefficient (Wildman–Crippen LogP) is 1.34. The molecule has 0 heterocycles. The quantitative estimate of drug-likeness (QED) is 0.805. The number of nitrogens with zero attached hydrogens (tertiary/aromatic N) is 1. The molecule has 1 aromatic rings. The van der Waals surface area contributed by atoms with Crippen LogP contribution in [0.3, 0.4) is 0 Å². The third-order valence-electron chi connectivity index (χ3n) is 2.49. The van der Waals surface area contributed by atoms with Crippen molar-refractivity contribution in [3.8, 4) is 17.2 Å². The van der Waals surface area contributed by atoms with Gasteiger partial charge in [-0.15, -0.1) is 0 Å². The predicted molar refractivity (Wildman–Crippen MR) is 70.6 cm³/mol. The highest BCUT2D eigenvalue weighted by molar-refractivity contribution is 5.89. The summed E-state index contributed by atoms with van der Waals surface area (Å²) in [5.74, 6) is 0.0549. The Labute approximate surface area is 112 Å². The Morgan fingerprint density at radius 2 is 1.74 bits per heavy atom. The van der Waals surface area contributed by atoms with E-state index in [4.69, 9.17) is 19.3 Å². The fourth-order valence-electron chi connectivity index (χ4n) is 1.48. The van der Waals surface area contributed by atoms with Crippen LogP contribution in [0.1, 0.15) is 10.4 Å². The van der Waals surface area contributed by atoms with Crippen LogP contribution in [0.2, 0.25) is 0 Å². The Balaban J connectivity index is 3.03. The van der Waals surface area contributed by atoms with Crippen LogP contribution in [0, 0.1) is 0 Å². The lowest BCUT2D eigenvalue weighted by molar-refractivity contribution is 0.0696. The average molecular weight is 269 g/mol. The number of benzene rings is 1. The number of hydrogen-bond donors (Lipinski definition) is 1. The van der Waals surface area contributed by atoms with Crippen molar-refractivity contribution in [1.82, 2.24) is 4.90 Å². The van der Waals surface area contributed by atoms with Crippen LogP contribution >= 0.6 is 0 Å². The number of aromatic carboxylic acids is 1. The number of ether oxygens (including phenoxy) is 3. The van der Waals surface area contributed by atoms with E-state index in [0.29, 0.717) is 23.9 Å². The fraction of sp³-hybridized carbons (Fsp3) is 0.462. The smallest absolute Gasteiger partial charge is 0.335 e. The van der Waals surface area contributed by atoms with Gasteiger partial charge in [-0.05, 0) is 26.2 Å². The van der Waals surface area contributed by atoms with E-state index in [0.717, 1.165) is 6.54 Å². The summed E-state index contributed by atoms with van der Waals surface area (Å²) in [7, 11) is 6.79. The first-order chi connectivity index (χ1) is 8.99. The van der Waals surface area contributed by atoms with Crippen LogP contribution in [0.5, 0.6) is 17.2 Å². The van der Waals surface area contributed by atoms with Gasteiger partial charge in [0.15, 0.2) is 11.5 Å². The number of likely N-dealkylation sites (N-methyl/N-ethyl adjacent to an activating group) is 1. The monoisotopic (exact) mass is 269 g/mol. The van der Waals surface area contributed by atoms with Crippen LogP contribution < -0.4 is 14.2 Å². The van der Waals surface area contributed by atoms with Gasteiger partial charge in [-0.25, -0.2) is 4.79 Å². The van der Waals surface area contributed by atoms with Crippen molar-refractivity contribution in [3.63, 3.8) is 0 Å². The molecular formula is C13H19NO5. The molecule has 6 heteroatoms. The summed E-state index contributed by atoms with van der Waals surface area (Å²) in [4.78, 5) is 13.0. The van der Waals surface area contributed by atoms with E-state index in [1.165, 1.54) is 26.4 Å². The molecule has 0 spiro atoms. The maximum atomic E-state index is 11.0. The second kappa shape index (κ2) is 6.84. The van der Waals surface area contributed by atoms with E-state index in [1.54, 1.807) is 0 Å². The van der Waals surface area contributed by atoms with Gasteiger partial charge in [0.25, 0.3) is 0 Å². The second-order valence-electron chi connectivity index (χ2n) is 4.17. The van der Waals surface area contributed by atoms with Gasteiger partial charge in [-0.1, -0.05) is 0 Å². The number of carboxylic acids is 1. The first kappa shape index (κ1) is 15.1. The molecule has 0 aromatic heterocycles. The molecule has 0 bridgehead atoms. The largest absolute Gasteiger partial charge is 0.493 e. The van der Waals surface area contributed by atoms with Crippen molar-refractivity contribution < 1.29 is 24.1 Å². The molecule has 0 saturated carbocycles. The lowest BCUT2D eigenvalue weighted by Crippen LogP contribution is -2.19. The molecule has 19 heavy (non-hydrogen) atoms. The Morgan fingerprint density at radius 1 is 1.21 bits per heavy atom. The fourth-order valence-corrected chi connectivity index (χ4v) is 1.48. The molecule has 0 aliphatic heterocycles. The number of rotatable bonds is 7. The Bertz CT molecular complexity index is 420. The number of carboxylic acid groups (broad SMARTS) is 1. The van der Waals surface area contributed by atoms with E-state index < -0.39 is 5.97 Å². The summed E-state index contributed by atoms with van der Waals surface area (Å²) >= 11 is 0. The molecule has 106 valence electrons. The van der Waals surface area contributed by atoms with E-state index in [9.17, 15) is 4.79 Å². The van der Waals surface area contributed by atoms with Gasteiger partial charge in [0.05, 0.1) is 19.8 Å². The van der Waals surface area contributed by atoms with Crippen LogP contribution in [0.15, 0.2) is 12.1 Å². The van der Waals surface area contributed by atoms with Crippen LogP contribution in [-0.4, -0.2) is 57.4 Å². The first-order valence-electron chi connectivity index (χ1n) is 5.76. The molecule has 0 unspecified atom stereocenters. The van der Waals surface area contributed by atoms with E-state index in [2.05, 4.69) is 0 Å². The van der Waals surface area contributed by atoms with Crippen LogP contribution in [0.4, 0.5) is 0 Å². The lowest BCUT2D eigenvalue weighted by atomic mass is 10.2. The Kier molecular flexibility index (Phi) is 5.44. The summed E-state index contributed by atoms with van der Waals surface area (Å²) in [6, 6.07) is 2.83. The van der Waals surface area contributed by atoms with E-state index >= 15 is 0 Å². The summed E-state index contributed by atoms with van der Waals surface area (Å²) < 4.78 is 15.9. The van der Waals surface area contributed by atoms with Crippen molar-refractivity contribution in [2.24, 2.45) is 0 Å². The van der Waals surface area contributed by atoms with Gasteiger partial charge < -0.3 is 24.2 Å². The molecular weight excluding hydrogens is 250 g/mol. The number of hydrogen-bond acceptors (Lipinski definition) is 5. The summed E-state index contributed by atoms with van der Waals surface area (Å²) in [6.45, 7) is 1.18. The van der Waals surface area contributed by atoms with Crippen molar-refractivity contribution in [2.45, 2.75) is 0 Å². The minimum absolute atomic E-state index is 0.0914. The topological polar surface area (TPSA) is 68.2 Å². The summed E-state index contributed by atoms with van der Waals surface area (Å²) in [5.41, 5.74) is 0.0914. The van der Waals surface area contributed by atoms with Crippen LogP contribution in [0.25, 0.3) is 0 Å². The molecule has 0 fully saturated rings. The third kappa shape index (κ3) is 4.03. The standard InChI is InChI=1S/C13H19NO5/c1-14(2)5-6-19-12-10(17-3)7-9(13(15)16)8-11(12)18-4/h7-8H,5-6H2,1-4H3,(H,15,16). The molecule has 0 radical (unpaired) electrons. The molecule has 0 aliphatic rings. The average Bonchev–Trinajstić information content (AvgIpc) is 2.37. The highest BCUT2D eigenvalue weighted by Crippen LogP contribution is 2.38. The van der Waals surface area contributed by atoms with Crippen molar-refractivity contribution in [3.05, 3.63) is 17.7 Å². The van der Waals surface area contributed by atoms with Crippen molar-refractivity contribution >= 4 is 5.97 Å². The zero-order valence-electron chi connectivity index (χ0n) is 11.6. The van der Waals surface area contributed by atoms with Gasteiger partial charge in [-0.2, -0.15) is 0 Å². The molecule has 0 amide bonds. The maximum absolute atomic E-state index is 11.0. The molecule has 1 aromatic carbocycles. The Hall–Kier alpha value is -1.95. The maximum Gasteiger partial charge on any atom is 0.335 e. The van der Waals surface area contributed by atoms with Gasteiger partial charge in [-0.3, -0.25) is 0 Å². The molecule has 0 atom stereocenters. The first-order valence-corrected chi connectivity index (χ1v) is 5.76. The molecule has 0 saturated heterocycles. The zero-order chi connectivity index (χ0) is 14.4. The van der Waals surface area contributed by atoms with Crippen LogP contribution in [-0.2, 0) is 0 Å². The minimum atomic E-state index is -1.04. The summed E-state index contributed by atoms with van der Waals surface area (Å²) in [5, 5.41) is 9.01. The van der Waals surface area contributed by atoms with Crippen molar-refractivity contribution in [1.29, 1.82) is 0 Å². The van der Waals surface area contributed by atoms with E-state index in [-0.39, 0.29) is 5.56 Å². The van der Waals surface area contributed by atoms with Gasteiger partial charge in [0.1, 0.15) is 6.61 Å². The van der Waals surface area contributed by atoms with Gasteiger partial charge >= 0.3 is 5.97 Å². The zero-order valence-corrected chi connectivity index (χ0v) is 11.6. The lowest BCUT2D eigenvalue weighted by Gasteiger charge is -2.16. The molecule has 1 rings (SSSR count). The second-order valence-corrected chi connectivity index (χ2v) is 4.17. The molecule has 0 aliphatic carbocycles. The molecule has 6 nitrogen and oxygen atoms in total. The normalized spacial score (nSPS) is 10.4. The number of carbonyl (C=O) groups is 1. The Morgan fingerprint density at radius 3 is 2.11 bits per heavy atom. The highest BCUT2D eigenvalue weighted by Gasteiger charge is 2.17. The van der Waals surface area contributed by atoms with E-state index in [1.807, 2.05) is 19.0 Å². The third-order valence-corrected chi connectivity index (χ3v) is 2.49.